The van der Waals surface area contributed by atoms with Crippen molar-refractivity contribution >= 4 is 23.2 Å². The molecule has 0 aliphatic rings. The van der Waals surface area contributed by atoms with Crippen molar-refractivity contribution in [2.75, 3.05) is 0 Å². The molecule has 2 rings (SSSR count). The van der Waals surface area contributed by atoms with Crippen LogP contribution in [-0.4, -0.2) is 9.78 Å². The number of benzene rings is 1. The molecule has 17 heavy (non-hydrogen) atoms. The monoisotopic (exact) mass is 268 g/mol. The molecule has 88 valence electrons. The summed E-state index contributed by atoms with van der Waals surface area (Å²) in [4.78, 5) is 11.9. The van der Waals surface area contributed by atoms with Gasteiger partial charge in [-0.2, -0.15) is 9.78 Å². The maximum Gasteiger partial charge on any atom is 0.291 e. The smallest absolute Gasteiger partial charge is 0.266 e. The van der Waals surface area contributed by atoms with E-state index in [0.717, 1.165) is 11.1 Å². The lowest BCUT2D eigenvalue weighted by molar-refractivity contribution is 0.801. The predicted molar refractivity (Wildman–Crippen MR) is 69.3 cm³/mol. The number of halogens is 2. The molecule has 0 atom stereocenters. The van der Waals surface area contributed by atoms with Gasteiger partial charge in [0.25, 0.3) is 5.56 Å². The minimum atomic E-state index is -0.411. The molecule has 1 heterocycles. The summed E-state index contributed by atoms with van der Waals surface area (Å²) < 4.78 is 1.25. The van der Waals surface area contributed by atoms with E-state index in [-0.39, 0.29) is 10.0 Å². The molecule has 0 aliphatic carbocycles. The van der Waals surface area contributed by atoms with Crippen molar-refractivity contribution < 1.29 is 0 Å². The van der Waals surface area contributed by atoms with Crippen molar-refractivity contribution in [1.29, 1.82) is 0 Å². The van der Waals surface area contributed by atoms with E-state index in [0.29, 0.717) is 5.69 Å². The molecule has 0 spiro atoms. The molecule has 5 heteroatoms. The summed E-state index contributed by atoms with van der Waals surface area (Å²) in [6, 6.07) is 5.73. The summed E-state index contributed by atoms with van der Waals surface area (Å²) in [5.74, 6) is 0. The fourth-order valence-electron chi connectivity index (χ4n) is 1.63. The van der Waals surface area contributed by atoms with E-state index in [2.05, 4.69) is 5.10 Å². The molecule has 0 fully saturated rings. The molecule has 0 aliphatic heterocycles. The average Bonchev–Trinajstić information content (AvgIpc) is 2.28. The van der Waals surface area contributed by atoms with Gasteiger partial charge in [0.1, 0.15) is 5.02 Å². The average molecular weight is 269 g/mol. The van der Waals surface area contributed by atoms with Gasteiger partial charge in [-0.05, 0) is 25.5 Å². The first-order chi connectivity index (χ1) is 8.00. The Morgan fingerprint density at radius 2 is 1.94 bits per heavy atom. The summed E-state index contributed by atoms with van der Waals surface area (Å²) in [7, 11) is 0. The van der Waals surface area contributed by atoms with Crippen LogP contribution < -0.4 is 5.56 Å². The molecule has 0 radical (unpaired) electrons. The van der Waals surface area contributed by atoms with Gasteiger partial charge in [-0.3, -0.25) is 4.79 Å². The number of aryl methyl sites for hydroxylation is 2. The fourth-order valence-corrected chi connectivity index (χ4v) is 1.88. The second-order valence-electron chi connectivity index (χ2n) is 3.81. The highest BCUT2D eigenvalue weighted by atomic mass is 35.5. The van der Waals surface area contributed by atoms with E-state index in [1.165, 1.54) is 10.9 Å². The van der Waals surface area contributed by atoms with E-state index < -0.39 is 5.56 Å². The molecule has 0 bridgehead atoms. The number of hydrogen-bond donors (Lipinski definition) is 0. The number of rotatable bonds is 1. The van der Waals surface area contributed by atoms with Crippen LogP contribution in [0.25, 0.3) is 5.69 Å². The predicted octanol–water partition coefficient (Wildman–Crippen LogP) is 3.16. The third kappa shape index (κ3) is 2.21. The normalized spacial score (nSPS) is 10.6. The van der Waals surface area contributed by atoms with Gasteiger partial charge >= 0.3 is 0 Å². The van der Waals surface area contributed by atoms with Gasteiger partial charge in [-0.15, -0.1) is 0 Å². The molecule has 1 aromatic carbocycles. The molecule has 0 saturated heterocycles. The zero-order valence-corrected chi connectivity index (χ0v) is 10.9. The molecular weight excluding hydrogens is 259 g/mol. The summed E-state index contributed by atoms with van der Waals surface area (Å²) in [6.45, 7) is 3.90. The first-order valence-corrected chi connectivity index (χ1v) is 5.77. The van der Waals surface area contributed by atoms with Crippen LogP contribution in [0.4, 0.5) is 0 Å². The topological polar surface area (TPSA) is 34.9 Å². The van der Waals surface area contributed by atoms with E-state index in [9.17, 15) is 4.79 Å². The van der Waals surface area contributed by atoms with Crippen LogP contribution in [0.3, 0.4) is 0 Å². The van der Waals surface area contributed by atoms with Crippen molar-refractivity contribution in [2.24, 2.45) is 0 Å². The highest BCUT2D eigenvalue weighted by Gasteiger charge is 2.10. The van der Waals surface area contributed by atoms with Crippen molar-refractivity contribution in [3.8, 4) is 5.69 Å². The Hall–Kier alpha value is -1.32. The van der Waals surface area contributed by atoms with Crippen molar-refractivity contribution in [3.63, 3.8) is 0 Å². The molecule has 1 aromatic heterocycles. The van der Waals surface area contributed by atoms with E-state index in [4.69, 9.17) is 23.2 Å². The van der Waals surface area contributed by atoms with Crippen LogP contribution in [-0.2, 0) is 0 Å². The summed E-state index contributed by atoms with van der Waals surface area (Å²) in [6.07, 6.45) is 1.37. The van der Waals surface area contributed by atoms with Gasteiger partial charge in [0.15, 0.2) is 0 Å². The largest absolute Gasteiger partial charge is 0.291 e. The van der Waals surface area contributed by atoms with E-state index >= 15 is 0 Å². The van der Waals surface area contributed by atoms with Crippen molar-refractivity contribution in [2.45, 2.75) is 13.8 Å². The Labute approximate surface area is 109 Å². The van der Waals surface area contributed by atoms with Crippen LogP contribution in [0.5, 0.6) is 0 Å². The SMILES string of the molecule is Cc1ccc(-n2ncc(Cl)c(Cl)c2=O)c(C)c1. The quantitative estimate of drug-likeness (QED) is 0.797. The van der Waals surface area contributed by atoms with Gasteiger partial charge in [-0.25, -0.2) is 0 Å². The van der Waals surface area contributed by atoms with Crippen molar-refractivity contribution in [1.82, 2.24) is 9.78 Å². The number of hydrogen-bond acceptors (Lipinski definition) is 2. The van der Waals surface area contributed by atoms with Crippen molar-refractivity contribution in [3.05, 3.63) is 55.9 Å². The zero-order chi connectivity index (χ0) is 12.6. The fraction of sp³-hybridized carbons (Fsp3) is 0.167. The molecule has 2 aromatic rings. The Kier molecular flexibility index (Phi) is 3.22. The Bertz CT molecular complexity index is 635. The molecule has 0 saturated carbocycles. The summed E-state index contributed by atoms with van der Waals surface area (Å²) in [5, 5.41) is 4.14. The lowest BCUT2D eigenvalue weighted by atomic mass is 10.1. The molecule has 0 N–H and O–H groups in total. The van der Waals surface area contributed by atoms with E-state index in [1.54, 1.807) is 0 Å². The van der Waals surface area contributed by atoms with Gasteiger partial charge in [0.2, 0.25) is 0 Å². The highest BCUT2D eigenvalue weighted by Crippen LogP contribution is 2.18. The molecule has 0 amide bonds. The van der Waals surface area contributed by atoms with Crippen LogP contribution in [0.1, 0.15) is 11.1 Å². The van der Waals surface area contributed by atoms with Crippen LogP contribution in [0.15, 0.2) is 29.2 Å². The maximum atomic E-state index is 11.9. The van der Waals surface area contributed by atoms with Crippen LogP contribution in [0, 0.1) is 13.8 Å². The second kappa shape index (κ2) is 4.51. The van der Waals surface area contributed by atoms with Gasteiger partial charge in [0, 0.05) is 0 Å². The zero-order valence-electron chi connectivity index (χ0n) is 9.37. The van der Waals surface area contributed by atoms with Gasteiger partial charge in [-0.1, -0.05) is 40.9 Å². The van der Waals surface area contributed by atoms with Gasteiger partial charge < -0.3 is 0 Å². The van der Waals surface area contributed by atoms with Crippen LogP contribution >= 0.6 is 23.2 Å². The first-order valence-electron chi connectivity index (χ1n) is 5.01. The third-order valence-electron chi connectivity index (χ3n) is 2.46. The minimum Gasteiger partial charge on any atom is -0.266 e. The maximum absolute atomic E-state index is 11.9. The first kappa shape index (κ1) is 12.1. The number of nitrogens with zero attached hydrogens (tertiary/aromatic N) is 2. The standard InChI is InChI=1S/C12H10Cl2N2O/c1-7-3-4-10(8(2)5-7)16-12(17)11(14)9(13)6-15-16/h3-6H,1-2H3. The Morgan fingerprint density at radius 1 is 1.24 bits per heavy atom. The lowest BCUT2D eigenvalue weighted by Gasteiger charge is -2.09. The summed E-state index contributed by atoms with van der Waals surface area (Å²) >= 11 is 11.5. The Morgan fingerprint density at radius 3 is 2.59 bits per heavy atom. The Balaban J connectivity index is 2.70. The van der Waals surface area contributed by atoms with Gasteiger partial charge in [0.05, 0.1) is 16.9 Å². The van der Waals surface area contributed by atoms with Crippen LogP contribution in [0.2, 0.25) is 10.0 Å². The van der Waals surface area contributed by atoms with E-state index in [1.807, 2.05) is 32.0 Å². The minimum absolute atomic E-state index is 0.0124. The highest BCUT2D eigenvalue weighted by molar-refractivity contribution is 6.41. The molecular formula is C12H10Cl2N2O. The third-order valence-corrected chi connectivity index (χ3v) is 3.21. The summed E-state index contributed by atoms with van der Waals surface area (Å²) in [5.41, 5.74) is 2.38. The second-order valence-corrected chi connectivity index (χ2v) is 4.60. The lowest BCUT2D eigenvalue weighted by Crippen LogP contribution is -2.22. The number of aromatic nitrogens is 2. The molecule has 0 unspecified atom stereocenters. The molecule has 3 nitrogen and oxygen atoms in total.